The first-order chi connectivity index (χ1) is 5.33. The molecule has 0 rings (SSSR count). The molecule has 0 aromatic rings. The Balaban J connectivity index is 3.82. The molecule has 0 aliphatic heterocycles. The fourth-order valence-electron chi connectivity index (χ4n) is 0.152. The van der Waals surface area contributed by atoms with Gasteiger partial charge in [0, 0.05) is 23.4 Å². The summed E-state index contributed by atoms with van der Waals surface area (Å²) in [5.74, 6) is 0. The van der Waals surface area contributed by atoms with E-state index in [1.807, 2.05) is 0 Å². The number of nitrogens with two attached hydrogens (primary N) is 1. The zero-order valence-electron chi connectivity index (χ0n) is 8.81. The predicted octanol–water partition coefficient (Wildman–Crippen LogP) is 1.74. The molecule has 0 aliphatic carbocycles. The minimum atomic E-state index is -1.53. The minimum absolute atomic E-state index is 0.0928. The van der Waals surface area contributed by atoms with Crippen LogP contribution in [0.5, 0.6) is 0 Å². The molecule has 50 valence electrons. The number of hydrogen-bond acceptors (Lipinski definition) is 3. The van der Waals surface area contributed by atoms with E-state index in [1.54, 1.807) is 6.92 Å². The SMILES string of the molecule is [2H]C([2H])(CC)SSC([2H])([2H])CN. The number of hydrogen-bond donors (Lipinski definition) is 1. The van der Waals surface area contributed by atoms with Gasteiger partial charge in [0.15, 0.2) is 0 Å². The highest BCUT2D eigenvalue weighted by Gasteiger charge is 1.83. The van der Waals surface area contributed by atoms with Crippen LogP contribution in [0.4, 0.5) is 0 Å². The zero-order chi connectivity index (χ0) is 9.83. The second kappa shape index (κ2) is 7.66. The van der Waals surface area contributed by atoms with E-state index in [4.69, 9.17) is 11.2 Å². The van der Waals surface area contributed by atoms with Gasteiger partial charge in [-0.25, -0.2) is 0 Å². The smallest absolute Gasteiger partial charge is 0.0402 e. The van der Waals surface area contributed by atoms with Crippen molar-refractivity contribution in [3.63, 3.8) is 0 Å². The maximum atomic E-state index is 7.33. The van der Waals surface area contributed by atoms with Gasteiger partial charge in [0.2, 0.25) is 0 Å². The lowest BCUT2D eigenvalue weighted by atomic mass is 10.6. The molecule has 0 saturated carbocycles. The van der Waals surface area contributed by atoms with Gasteiger partial charge in [-0.15, -0.1) is 0 Å². The lowest BCUT2D eigenvalue weighted by molar-refractivity contribution is 1.11. The summed E-state index contributed by atoms with van der Waals surface area (Å²) in [5.41, 5.74) is 2.24. The lowest BCUT2D eigenvalue weighted by Crippen LogP contribution is -1.99. The monoisotopic (exact) mass is 155 g/mol. The molecule has 0 aromatic carbocycles. The second-order valence-corrected chi connectivity index (χ2v) is 2.92. The summed E-state index contributed by atoms with van der Waals surface area (Å²) in [4.78, 5) is 0. The fraction of sp³-hybridized carbons (Fsp3) is 1.00. The standard InChI is InChI=1S/C5H13NS2/c1-2-4-7-8-5-3-6/h2-6H2,1H3/i4D2,5D2. The third-order valence-electron chi connectivity index (χ3n) is 0.387. The third kappa shape index (κ3) is 6.66. The van der Waals surface area contributed by atoms with Gasteiger partial charge in [0.1, 0.15) is 0 Å². The molecule has 0 saturated heterocycles. The van der Waals surface area contributed by atoms with E-state index in [0.29, 0.717) is 6.42 Å². The molecule has 2 N–H and O–H groups in total. The molecule has 1 nitrogen and oxygen atoms in total. The quantitative estimate of drug-likeness (QED) is 0.612. The van der Waals surface area contributed by atoms with Crippen molar-refractivity contribution in [2.24, 2.45) is 5.73 Å². The summed E-state index contributed by atoms with van der Waals surface area (Å²) >= 11 is 0. The second-order valence-electron chi connectivity index (χ2n) is 1.01. The van der Waals surface area contributed by atoms with Crippen LogP contribution in [-0.4, -0.2) is 18.0 Å². The Kier molecular flexibility index (Phi) is 3.58. The molecule has 0 aromatic heterocycles. The molecule has 0 fully saturated rings. The normalized spacial score (nSPS) is 20.8. The molecule has 3 heteroatoms. The van der Waals surface area contributed by atoms with Crippen LogP contribution in [0, 0.1) is 0 Å². The van der Waals surface area contributed by atoms with Gasteiger partial charge >= 0.3 is 0 Å². The highest BCUT2D eigenvalue weighted by atomic mass is 33.1. The van der Waals surface area contributed by atoms with Crippen LogP contribution in [0.25, 0.3) is 0 Å². The van der Waals surface area contributed by atoms with Crippen molar-refractivity contribution in [3.05, 3.63) is 0 Å². The van der Waals surface area contributed by atoms with E-state index in [9.17, 15) is 0 Å². The lowest BCUT2D eigenvalue weighted by Gasteiger charge is -1.93. The Morgan fingerprint density at radius 1 is 1.50 bits per heavy atom. The van der Waals surface area contributed by atoms with Crippen LogP contribution in [0.1, 0.15) is 18.8 Å². The summed E-state index contributed by atoms with van der Waals surface area (Å²) in [6, 6.07) is 0. The molecule has 0 aliphatic rings. The van der Waals surface area contributed by atoms with Crippen molar-refractivity contribution in [3.8, 4) is 0 Å². The average molecular weight is 155 g/mol. The van der Waals surface area contributed by atoms with E-state index in [2.05, 4.69) is 0 Å². The average Bonchev–Trinajstić information content (AvgIpc) is 2.02. The largest absolute Gasteiger partial charge is 0.330 e. The maximum absolute atomic E-state index is 7.33. The van der Waals surface area contributed by atoms with Crippen molar-refractivity contribution in [2.75, 3.05) is 18.0 Å². The van der Waals surface area contributed by atoms with E-state index in [-0.39, 0.29) is 6.54 Å². The summed E-state index contributed by atoms with van der Waals surface area (Å²) in [6.45, 7) is 1.63. The van der Waals surface area contributed by atoms with E-state index < -0.39 is 11.4 Å². The Bertz CT molecular complexity index is 125. The first-order valence-electron chi connectivity index (χ1n) is 4.40. The molecular formula is C5H13NS2. The van der Waals surface area contributed by atoms with Crippen LogP contribution in [0.2, 0.25) is 0 Å². The van der Waals surface area contributed by atoms with Gasteiger partial charge < -0.3 is 5.73 Å². The van der Waals surface area contributed by atoms with Gasteiger partial charge in [-0.2, -0.15) is 0 Å². The topological polar surface area (TPSA) is 26.0 Å². The van der Waals surface area contributed by atoms with Crippen molar-refractivity contribution in [2.45, 2.75) is 13.3 Å². The molecule has 0 amide bonds. The fourth-order valence-corrected chi connectivity index (χ4v) is 1.37. The van der Waals surface area contributed by atoms with Gasteiger partial charge in [-0.1, -0.05) is 28.5 Å². The van der Waals surface area contributed by atoms with Gasteiger partial charge in [0.05, 0.1) is 0 Å². The zero-order valence-corrected chi connectivity index (χ0v) is 6.44. The highest BCUT2D eigenvalue weighted by molar-refractivity contribution is 8.76. The van der Waals surface area contributed by atoms with E-state index in [0.717, 1.165) is 21.6 Å². The van der Waals surface area contributed by atoms with Crippen molar-refractivity contribution >= 4 is 21.6 Å². The molecule has 0 atom stereocenters. The van der Waals surface area contributed by atoms with Crippen molar-refractivity contribution in [1.82, 2.24) is 0 Å². The first kappa shape index (κ1) is 3.74. The molecule has 8 heavy (non-hydrogen) atoms. The summed E-state index contributed by atoms with van der Waals surface area (Å²) < 4.78 is 29.2. The first-order valence-corrected chi connectivity index (χ1v) is 4.55. The van der Waals surface area contributed by atoms with E-state index >= 15 is 0 Å². The highest BCUT2D eigenvalue weighted by Crippen LogP contribution is 2.20. The molecular weight excluding hydrogens is 138 g/mol. The van der Waals surface area contributed by atoms with Crippen LogP contribution < -0.4 is 5.73 Å². The molecule has 0 radical (unpaired) electrons. The summed E-state index contributed by atoms with van der Waals surface area (Å²) in [6.07, 6.45) is 0.366. The predicted molar refractivity (Wildman–Crippen MR) is 44.3 cm³/mol. The molecule has 0 spiro atoms. The van der Waals surface area contributed by atoms with Crippen LogP contribution in [0.3, 0.4) is 0 Å². The molecule has 0 bridgehead atoms. The Morgan fingerprint density at radius 2 is 2.12 bits per heavy atom. The van der Waals surface area contributed by atoms with E-state index in [1.165, 1.54) is 0 Å². The van der Waals surface area contributed by atoms with Crippen molar-refractivity contribution in [1.29, 1.82) is 0 Å². The van der Waals surface area contributed by atoms with Gasteiger partial charge in [0.25, 0.3) is 0 Å². The maximum Gasteiger partial charge on any atom is 0.0402 e. The Hall–Kier alpha value is 0.660. The Morgan fingerprint density at radius 3 is 2.62 bits per heavy atom. The van der Waals surface area contributed by atoms with Crippen molar-refractivity contribution < 1.29 is 5.48 Å². The van der Waals surface area contributed by atoms with Gasteiger partial charge in [-0.05, 0) is 6.42 Å². The molecule has 0 heterocycles. The third-order valence-corrected chi connectivity index (χ3v) is 2.12. The minimum Gasteiger partial charge on any atom is -0.330 e. The molecule has 0 unspecified atom stereocenters. The summed E-state index contributed by atoms with van der Waals surface area (Å²) in [5, 5.41) is 0. The van der Waals surface area contributed by atoms with Gasteiger partial charge in [-0.3, -0.25) is 0 Å². The van der Waals surface area contributed by atoms with Crippen LogP contribution >= 0.6 is 21.6 Å². The summed E-state index contributed by atoms with van der Waals surface area (Å²) in [7, 11) is 1.77. The number of rotatable bonds is 5. The van der Waals surface area contributed by atoms with Crippen LogP contribution in [0.15, 0.2) is 0 Å². The van der Waals surface area contributed by atoms with Crippen LogP contribution in [-0.2, 0) is 0 Å². The Labute approximate surface area is 64.8 Å².